The first-order chi connectivity index (χ1) is 8.29. The molecule has 0 radical (unpaired) electrons. The molecule has 17 heavy (non-hydrogen) atoms. The summed E-state index contributed by atoms with van der Waals surface area (Å²) in [6.07, 6.45) is 3.62. The number of nitrogens with one attached hydrogen (secondary N) is 1. The molecule has 0 spiro atoms. The molecule has 1 N–H and O–H groups in total. The van der Waals surface area contributed by atoms with E-state index in [2.05, 4.69) is 44.4 Å². The molecule has 0 aliphatic heterocycles. The average molecular weight is 309 g/mol. The van der Waals surface area contributed by atoms with Crippen LogP contribution in [0.2, 0.25) is 0 Å². The lowest BCUT2D eigenvalue weighted by Crippen LogP contribution is -2.05. The summed E-state index contributed by atoms with van der Waals surface area (Å²) in [6.45, 7) is 0.876. The van der Waals surface area contributed by atoms with Gasteiger partial charge in [0.05, 0.1) is 0 Å². The average Bonchev–Trinajstić information content (AvgIpc) is 2.34. The van der Waals surface area contributed by atoms with Crippen LogP contribution in [0.4, 0.5) is 0 Å². The molecule has 1 aromatic carbocycles. The lowest BCUT2D eigenvalue weighted by molar-refractivity contribution is 0.813. The first kappa shape index (κ1) is 12.6. The third-order valence-corrected chi connectivity index (χ3v) is 4.01. The highest BCUT2D eigenvalue weighted by molar-refractivity contribution is 9.10. The summed E-state index contributed by atoms with van der Waals surface area (Å²) in [7, 11) is 1.95. The maximum atomic E-state index is 4.01. The quantitative estimate of drug-likeness (QED) is 0.932. The SMILES string of the molecule is CNCc1ccc(Sc2ccncc2)cc1Br. The van der Waals surface area contributed by atoms with Crippen molar-refractivity contribution < 1.29 is 0 Å². The first-order valence-electron chi connectivity index (χ1n) is 5.30. The molecule has 0 aliphatic rings. The van der Waals surface area contributed by atoms with Gasteiger partial charge in [0.1, 0.15) is 0 Å². The van der Waals surface area contributed by atoms with E-state index in [0.29, 0.717) is 0 Å². The summed E-state index contributed by atoms with van der Waals surface area (Å²) in [5.74, 6) is 0. The minimum absolute atomic E-state index is 0.876. The Morgan fingerprint density at radius 1 is 1.18 bits per heavy atom. The van der Waals surface area contributed by atoms with Crippen molar-refractivity contribution in [2.24, 2.45) is 0 Å². The van der Waals surface area contributed by atoms with E-state index in [-0.39, 0.29) is 0 Å². The molecule has 0 aliphatic carbocycles. The van der Waals surface area contributed by atoms with Gasteiger partial charge in [-0.2, -0.15) is 0 Å². The smallest absolute Gasteiger partial charge is 0.0279 e. The fourth-order valence-corrected chi connectivity index (χ4v) is 2.98. The van der Waals surface area contributed by atoms with E-state index < -0.39 is 0 Å². The number of nitrogens with zero attached hydrogens (tertiary/aromatic N) is 1. The van der Waals surface area contributed by atoms with Crippen LogP contribution in [0.3, 0.4) is 0 Å². The van der Waals surface area contributed by atoms with Crippen molar-refractivity contribution in [1.29, 1.82) is 0 Å². The van der Waals surface area contributed by atoms with Crippen molar-refractivity contribution >= 4 is 27.7 Å². The van der Waals surface area contributed by atoms with Crippen molar-refractivity contribution in [1.82, 2.24) is 10.3 Å². The third-order valence-electron chi connectivity index (χ3n) is 2.28. The predicted octanol–water partition coefficient (Wildman–Crippen LogP) is 3.71. The van der Waals surface area contributed by atoms with Gasteiger partial charge in [-0.05, 0) is 36.9 Å². The monoisotopic (exact) mass is 308 g/mol. The molecule has 0 saturated carbocycles. The largest absolute Gasteiger partial charge is 0.316 e. The minimum Gasteiger partial charge on any atom is -0.316 e. The van der Waals surface area contributed by atoms with Gasteiger partial charge in [-0.1, -0.05) is 33.8 Å². The molecule has 1 heterocycles. The second-order valence-electron chi connectivity index (χ2n) is 3.57. The molecule has 2 rings (SSSR count). The Kier molecular flexibility index (Phi) is 4.59. The summed E-state index contributed by atoms with van der Waals surface area (Å²) in [5.41, 5.74) is 1.27. The number of hydrogen-bond donors (Lipinski definition) is 1. The van der Waals surface area contributed by atoms with E-state index in [9.17, 15) is 0 Å². The van der Waals surface area contributed by atoms with Crippen LogP contribution in [0.1, 0.15) is 5.56 Å². The highest BCUT2D eigenvalue weighted by Crippen LogP contribution is 2.30. The van der Waals surface area contributed by atoms with Crippen LogP contribution in [-0.4, -0.2) is 12.0 Å². The molecule has 2 nitrogen and oxygen atoms in total. The second kappa shape index (κ2) is 6.19. The highest BCUT2D eigenvalue weighted by atomic mass is 79.9. The number of halogens is 1. The molecule has 0 unspecified atom stereocenters. The Balaban J connectivity index is 2.15. The number of aromatic nitrogens is 1. The lowest BCUT2D eigenvalue weighted by atomic mass is 10.2. The zero-order valence-electron chi connectivity index (χ0n) is 9.48. The second-order valence-corrected chi connectivity index (χ2v) is 5.57. The van der Waals surface area contributed by atoms with Crippen molar-refractivity contribution in [2.75, 3.05) is 7.05 Å². The van der Waals surface area contributed by atoms with E-state index in [1.165, 1.54) is 15.4 Å². The third kappa shape index (κ3) is 3.56. The van der Waals surface area contributed by atoms with Crippen molar-refractivity contribution in [3.63, 3.8) is 0 Å². The minimum atomic E-state index is 0.876. The molecule has 88 valence electrons. The number of benzene rings is 1. The Bertz CT molecular complexity index is 488. The number of hydrogen-bond acceptors (Lipinski definition) is 3. The topological polar surface area (TPSA) is 24.9 Å². The van der Waals surface area contributed by atoms with Gasteiger partial charge in [0.25, 0.3) is 0 Å². The van der Waals surface area contributed by atoms with Gasteiger partial charge in [-0.25, -0.2) is 0 Å². The molecule has 0 atom stereocenters. The molecule has 0 fully saturated rings. The molecular formula is C13H13BrN2S. The van der Waals surface area contributed by atoms with Gasteiger partial charge >= 0.3 is 0 Å². The lowest BCUT2D eigenvalue weighted by Gasteiger charge is -2.06. The van der Waals surface area contributed by atoms with Crippen LogP contribution in [0.5, 0.6) is 0 Å². The fourth-order valence-electron chi connectivity index (χ4n) is 1.47. The standard InChI is InChI=1S/C13H13BrN2S/c1-15-9-10-2-3-12(8-13(10)14)17-11-4-6-16-7-5-11/h2-8,15H,9H2,1H3. The van der Waals surface area contributed by atoms with E-state index in [1.807, 2.05) is 31.6 Å². The Morgan fingerprint density at radius 3 is 2.59 bits per heavy atom. The van der Waals surface area contributed by atoms with Crippen LogP contribution in [0, 0.1) is 0 Å². The van der Waals surface area contributed by atoms with Crippen LogP contribution < -0.4 is 5.32 Å². The van der Waals surface area contributed by atoms with Gasteiger partial charge in [0.15, 0.2) is 0 Å². The summed E-state index contributed by atoms with van der Waals surface area (Å²) >= 11 is 5.33. The Morgan fingerprint density at radius 2 is 1.94 bits per heavy atom. The normalized spacial score (nSPS) is 10.5. The van der Waals surface area contributed by atoms with Crippen LogP contribution in [0.15, 0.2) is 57.0 Å². The summed E-state index contributed by atoms with van der Waals surface area (Å²) < 4.78 is 1.14. The molecular weight excluding hydrogens is 296 g/mol. The molecule has 0 amide bonds. The predicted molar refractivity (Wildman–Crippen MR) is 75.3 cm³/mol. The summed E-state index contributed by atoms with van der Waals surface area (Å²) in [6, 6.07) is 10.5. The Labute approximate surface area is 114 Å². The highest BCUT2D eigenvalue weighted by Gasteiger charge is 2.02. The summed E-state index contributed by atoms with van der Waals surface area (Å²) in [4.78, 5) is 6.44. The van der Waals surface area contributed by atoms with Gasteiger partial charge in [0, 0.05) is 33.2 Å². The van der Waals surface area contributed by atoms with Crippen molar-refractivity contribution in [3.05, 3.63) is 52.8 Å². The first-order valence-corrected chi connectivity index (χ1v) is 6.91. The van der Waals surface area contributed by atoms with Crippen LogP contribution >= 0.6 is 27.7 Å². The van der Waals surface area contributed by atoms with Gasteiger partial charge < -0.3 is 5.32 Å². The van der Waals surface area contributed by atoms with E-state index in [4.69, 9.17) is 0 Å². The zero-order chi connectivity index (χ0) is 12.1. The molecule has 0 bridgehead atoms. The zero-order valence-corrected chi connectivity index (χ0v) is 11.9. The number of pyridine rings is 1. The van der Waals surface area contributed by atoms with Gasteiger partial charge in [-0.3, -0.25) is 4.98 Å². The van der Waals surface area contributed by atoms with Gasteiger partial charge in [-0.15, -0.1) is 0 Å². The van der Waals surface area contributed by atoms with E-state index in [1.54, 1.807) is 11.8 Å². The van der Waals surface area contributed by atoms with E-state index in [0.717, 1.165) is 11.0 Å². The summed E-state index contributed by atoms with van der Waals surface area (Å²) in [5, 5.41) is 3.15. The Hall–Kier alpha value is -0.840. The molecule has 1 aromatic heterocycles. The van der Waals surface area contributed by atoms with Crippen LogP contribution in [-0.2, 0) is 6.54 Å². The van der Waals surface area contributed by atoms with Crippen molar-refractivity contribution in [3.8, 4) is 0 Å². The molecule has 4 heteroatoms. The fraction of sp³-hybridized carbons (Fsp3) is 0.154. The number of rotatable bonds is 4. The van der Waals surface area contributed by atoms with Crippen molar-refractivity contribution in [2.45, 2.75) is 16.3 Å². The van der Waals surface area contributed by atoms with Crippen LogP contribution in [0.25, 0.3) is 0 Å². The van der Waals surface area contributed by atoms with E-state index >= 15 is 0 Å². The molecule has 2 aromatic rings. The maximum Gasteiger partial charge on any atom is 0.0279 e. The maximum absolute atomic E-state index is 4.01. The van der Waals surface area contributed by atoms with Gasteiger partial charge in [0.2, 0.25) is 0 Å². The molecule has 0 saturated heterocycles.